The molecule has 2 aromatic heterocycles. The summed E-state index contributed by atoms with van der Waals surface area (Å²) in [6, 6.07) is 3.79. The number of aromatic nitrogens is 2. The molecular formula is C14H15N3O. The van der Waals surface area contributed by atoms with Crippen molar-refractivity contribution in [2.45, 2.75) is 12.8 Å². The lowest BCUT2D eigenvalue weighted by Crippen LogP contribution is -2.12. The topological polar surface area (TPSA) is 42.2 Å². The lowest BCUT2D eigenvalue weighted by Gasteiger charge is -2.19. The van der Waals surface area contributed by atoms with Gasteiger partial charge in [0.05, 0.1) is 0 Å². The van der Waals surface area contributed by atoms with E-state index < -0.39 is 0 Å². The molecule has 0 saturated heterocycles. The minimum absolute atomic E-state index is 0.607. The smallest absolute Gasteiger partial charge is 0.247 e. The van der Waals surface area contributed by atoms with Gasteiger partial charge in [0.2, 0.25) is 11.6 Å². The minimum Gasteiger partial charge on any atom is -0.418 e. The molecule has 2 aromatic rings. The van der Waals surface area contributed by atoms with E-state index in [1.54, 1.807) is 6.20 Å². The summed E-state index contributed by atoms with van der Waals surface area (Å²) in [5.74, 6) is 0.692. The van der Waals surface area contributed by atoms with Gasteiger partial charge in [0.25, 0.3) is 0 Å². The molecule has 4 nitrogen and oxygen atoms in total. The van der Waals surface area contributed by atoms with Crippen LogP contribution in [-0.2, 0) is 0 Å². The summed E-state index contributed by atoms with van der Waals surface area (Å²) in [4.78, 5) is 10.8. The second kappa shape index (κ2) is 4.29. The first-order valence-electron chi connectivity index (χ1n) is 6.03. The first-order valence-corrected chi connectivity index (χ1v) is 6.03. The summed E-state index contributed by atoms with van der Waals surface area (Å²) in [5.41, 5.74) is 3.89. The fourth-order valence-electron chi connectivity index (χ4n) is 2.08. The molecule has 2 heterocycles. The van der Waals surface area contributed by atoms with Gasteiger partial charge in [-0.25, -0.2) is 9.97 Å². The predicted octanol–water partition coefficient (Wildman–Crippen LogP) is 2.85. The van der Waals surface area contributed by atoms with Crippen molar-refractivity contribution in [2.75, 3.05) is 14.1 Å². The second-order valence-electron chi connectivity index (χ2n) is 4.59. The highest BCUT2D eigenvalue weighted by molar-refractivity contribution is 5.73. The summed E-state index contributed by atoms with van der Waals surface area (Å²) >= 11 is 0. The number of oxazole rings is 1. The zero-order valence-electron chi connectivity index (χ0n) is 10.6. The van der Waals surface area contributed by atoms with Crippen LogP contribution in [0.2, 0.25) is 0 Å². The molecule has 0 N–H and O–H groups in total. The molecular weight excluding hydrogens is 226 g/mol. The highest BCUT2D eigenvalue weighted by Crippen LogP contribution is 2.28. The Morgan fingerprint density at radius 2 is 2.11 bits per heavy atom. The van der Waals surface area contributed by atoms with Crippen LogP contribution in [0.4, 0.5) is 0 Å². The Hall–Kier alpha value is -2.10. The van der Waals surface area contributed by atoms with Crippen LogP contribution in [0.3, 0.4) is 0 Å². The van der Waals surface area contributed by atoms with Crippen LogP contribution in [0.5, 0.6) is 0 Å². The van der Waals surface area contributed by atoms with E-state index in [2.05, 4.69) is 41.1 Å². The normalized spacial score (nSPS) is 15.4. The van der Waals surface area contributed by atoms with Gasteiger partial charge in [-0.05, 0) is 31.1 Å². The van der Waals surface area contributed by atoms with Crippen molar-refractivity contribution in [3.8, 4) is 0 Å². The molecule has 0 atom stereocenters. The van der Waals surface area contributed by atoms with Gasteiger partial charge < -0.3 is 9.32 Å². The minimum atomic E-state index is 0.607. The number of fused-ring (bicyclic) bond motifs is 1. The van der Waals surface area contributed by atoms with E-state index in [1.807, 2.05) is 12.1 Å². The molecule has 0 aliphatic heterocycles. The van der Waals surface area contributed by atoms with E-state index in [0.29, 0.717) is 11.6 Å². The first kappa shape index (κ1) is 11.0. The Labute approximate surface area is 106 Å². The van der Waals surface area contributed by atoms with E-state index >= 15 is 0 Å². The highest BCUT2D eigenvalue weighted by Gasteiger charge is 2.14. The zero-order chi connectivity index (χ0) is 12.5. The van der Waals surface area contributed by atoms with E-state index in [9.17, 15) is 0 Å². The number of hydrogen-bond donors (Lipinski definition) is 0. The van der Waals surface area contributed by atoms with Gasteiger partial charge in [-0.15, -0.1) is 0 Å². The molecule has 1 aliphatic carbocycles. The average Bonchev–Trinajstić information content (AvgIpc) is 2.82. The molecule has 1 aliphatic rings. The van der Waals surface area contributed by atoms with Gasteiger partial charge in [-0.1, -0.05) is 6.08 Å². The standard InChI is InChI=1S/C14H15N3O/c1-17(2)11-7-5-10(6-8-11)13-16-12-4-3-9-15-14(12)18-13/h3-5,7,9H,6,8H2,1-2H3. The Kier molecular flexibility index (Phi) is 2.63. The van der Waals surface area contributed by atoms with Crippen molar-refractivity contribution < 1.29 is 4.42 Å². The van der Waals surface area contributed by atoms with Crippen LogP contribution in [0, 0.1) is 0 Å². The maximum absolute atomic E-state index is 5.67. The molecule has 0 radical (unpaired) electrons. The Morgan fingerprint density at radius 1 is 1.22 bits per heavy atom. The molecule has 0 aromatic carbocycles. The largest absolute Gasteiger partial charge is 0.418 e. The Balaban J connectivity index is 1.96. The zero-order valence-corrected chi connectivity index (χ0v) is 10.6. The Morgan fingerprint density at radius 3 is 2.78 bits per heavy atom. The van der Waals surface area contributed by atoms with Gasteiger partial charge in [0.15, 0.2) is 0 Å². The summed E-state index contributed by atoms with van der Waals surface area (Å²) in [7, 11) is 4.13. The monoisotopic (exact) mass is 241 g/mol. The third kappa shape index (κ3) is 1.90. The predicted molar refractivity (Wildman–Crippen MR) is 70.8 cm³/mol. The van der Waals surface area contributed by atoms with Crippen molar-refractivity contribution in [1.29, 1.82) is 0 Å². The van der Waals surface area contributed by atoms with Crippen LogP contribution in [0.1, 0.15) is 18.7 Å². The second-order valence-corrected chi connectivity index (χ2v) is 4.59. The molecule has 3 rings (SSSR count). The molecule has 18 heavy (non-hydrogen) atoms. The number of pyridine rings is 1. The van der Waals surface area contributed by atoms with Crippen molar-refractivity contribution >= 4 is 16.8 Å². The third-order valence-corrected chi connectivity index (χ3v) is 3.14. The molecule has 0 saturated carbocycles. The molecule has 0 fully saturated rings. The van der Waals surface area contributed by atoms with E-state index in [1.165, 1.54) is 5.70 Å². The van der Waals surface area contributed by atoms with Crippen molar-refractivity contribution in [3.63, 3.8) is 0 Å². The van der Waals surface area contributed by atoms with E-state index in [-0.39, 0.29) is 0 Å². The summed E-state index contributed by atoms with van der Waals surface area (Å²) < 4.78 is 5.67. The molecule has 0 amide bonds. The molecule has 0 spiro atoms. The molecule has 0 unspecified atom stereocenters. The first-order chi connectivity index (χ1) is 8.74. The van der Waals surface area contributed by atoms with E-state index in [4.69, 9.17) is 4.42 Å². The lowest BCUT2D eigenvalue weighted by molar-refractivity contribution is 0.485. The quantitative estimate of drug-likeness (QED) is 0.810. The number of nitrogens with zero attached hydrogens (tertiary/aromatic N) is 3. The van der Waals surface area contributed by atoms with E-state index in [0.717, 1.165) is 23.9 Å². The van der Waals surface area contributed by atoms with Crippen LogP contribution < -0.4 is 0 Å². The number of allylic oxidation sites excluding steroid dienone is 4. The highest BCUT2D eigenvalue weighted by atomic mass is 16.4. The van der Waals surface area contributed by atoms with Gasteiger partial charge in [0.1, 0.15) is 5.52 Å². The summed E-state index contributed by atoms with van der Waals surface area (Å²) in [6.07, 6.45) is 7.91. The molecule has 0 bridgehead atoms. The lowest BCUT2D eigenvalue weighted by atomic mass is 10.0. The van der Waals surface area contributed by atoms with Gasteiger partial charge in [0, 0.05) is 31.6 Å². The SMILES string of the molecule is CN(C)C1=CC=C(c2nc3cccnc3o2)CC1. The average molecular weight is 241 g/mol. The maximum Gasteiger partial charge on any atom is 0.247 e. The van der Waals surface area contributed by atoms with Crippen LogP contribution in [-0.4, -0.2) is 29.0 Å². The summed E-state index contributed by atoms with van der Waals surface area (Å²) in [5, 5.41) is 0. The fraction of sp³-hybridized carbons (Fsp3) is 0.286. The third-order valence-electron chi connectivity index (χ3n) is 3.14. The Bertz CT molecular complexity index is 604. The van der Waals surface area contributed by atoms with Gasteiger partial charge in [-0.2, -0.15) is 0 Å². The van der Waals surface area contributed by atoms with Gasteiger partial charge in [-0.3, -0.25) is 0 Å². The fourth-order valence-corrected chi connectivity index (χ4v) is 2.08. The summed E-state index contributed by atoms with van der Waals surface area (Å²) in [6.45, 7) is 0. The molecule has 92 valence electrons. The number of rotatable bonds is 2. The number of hydrogen-bond acceptors (Lipinski definition) is 4. The van der Waals surface area contributed by atoms with Crippen LogP contribution in [0.25, 0.3) is 16.8 Å². The van der Waals surface area contributed by atoms with Gasteiger partial charge >= 0.3 is 0 Å². The maximum atomic E-state index is 5.67. The van der Waals surface area contributed by atoms with Crippen LogP contribution in [0.15, 0.2) is 40.6 Å². The van der Waals surface area contributed by atoms with Crippen LogP contribution >= 0.6 is 0 Å². The van der Waals surface area contributed by atoms with Crippen molar-refractivity contribution in [3.05, 3.63) is 42.1 Å². The van der Waals surface area contributed by atoms with Crippen molar-refractivity contribution in [2.24, 2.45) is 0 Å². The van der Waals surface area contributed by atoms with Crippen molar-refractivity contribution in [1.82, 2.24) is 14.9 Å². The molecule has 4 heteroatoms.